The molecule has 0 heterocycles. The standard InChI is InChI=1S/C26H39NO4/c1-18-15-24-23(12-11-20(3)26(24,29)16-25(18)31-21(4)28)19(2)17-27(5)13-14-30-22-9-7-6-8-10-22/h6-10,15,19-20,23-25,29H,11-14,16-17H2,1-5H3/t19-,20-,23+,24-,25-,26-/m1/s1. The largest absolute Gasteiger partial charge is 0.492 e. The third kappa shape index (κ3) is 5.69. The van der Waals surface area contributed by atoms with Gasteiger partial charge in [0.2, 0.25) is 0 Å². The molecule has 2 aliphatic rings. The van der Waals surface area contributed by atoms with Crippen LogP contribution < -0.4 is 4.74 Å². The lowest BCUT2D eigenvalue weighted by molar-refractivity contribution is -0.159. The number of fused-ring (bicyclic) bond motifs is 1. The summed E-state index contributed by atoms with van der Waals surface area (Å²) in [6.45, 7) is 10.4. The van der Waals surface area contributed by atoms with Gasteiger partial charge in [-0.2, -0.15) is 0 Å². The van der Waals surface area contributed by atoms with Crippen molar-refractivity contribution in [3.05, 3.63) is 42.0 Å². The van der Waals surface area contributed by atoms with Gasteiger partial charge in [0, 0.05) is 32.4 Å². The summed E-state index contributed by atoms with van der Waals surface area (Å²) in [6, 6.07) is 9.92. The van der Waals surface area contributed by atoms with Gasteiger partial charge in [0.25, 0.3) is 0 Å². The van der Waals surface area contributed by atoms with Crippen LogP contribution >= 0.6 is 0 Å². The van der Waals surface area contributed by atoms with Crippen LogP contribution in [0.5, 0.6) is 5.75 Å². The van der Waals surface area contributed by atoms with Crippen molar-refractivity contribution in [1.82, 2.24) is 4.90 Å². The second-order valence-electron chi connectivity index (χ2n) is 9.77. The summed E-state index contributed by atoms with van der Waals surface area (Å²) >= 11 is 0. The number of rotatable bonds is 8. The second-order valence-corrected chi connectivity index (χ2v) is 9.77. The van der Waals surface area contributed by atoms with Gasteiger partial charge in [-0.1, -0.05) is 38.1 Å². The number of esters is 1. The molecule has 1 fully saturated rings. The molecule has 0 unspecified atom stereocenters. The van der Waals surface area contributed by atoms with Gasteiger partial charge < -0.3 is 19.5 Å². The first-order chi connectivity index (χ1) is 14.7. The molecule has 1 aromatic rings. The first-order valence-electron chi connectivity index (χ1n) is 11.6. The summed E-state index contributed by atoms with van der Waals surface area (Å²) in [6.07, 6.45) is 4.51. The van der Waals surface area contributed by atoms with E-state index < -0.39 is 5.60 Å². The Bertz CT molecular complexity index is 764. The molecule has 2 aliphatic carbocycles. The molecule has 3 rings (SSSR count). The minimum absolute atomic E-state index is 0.104. The van der Waals surface area contributed by atoms with Crippen LogP contribution in [-0.2, 0) is 9.53 Å². The topological polar surface area (TPSA) is 59.0 Å². The summed E-state index contributed by atoms with van der Waals surface area (Å²) in [5.41, 5.74) is 0.256. The minimum Gasteiger partial charge on any atom is -0.492 e. The highest BCUT2D eigenvalue weighted by Crippen LogP contribution is 2.51. The van der Waals surface area contributed by atoms with Gasteiger partial charge in [0.05, 0.1) is 5.60 Å². The Balaban J connectivity index is 1.61. The fourth-order valence-corrected chi connectivity index (χ4v) is 5.55. The lowest BCUT2D eigenvalue weighted by Gasteiger charge is -2.53. The number of benzene rings is 1. The van der Waals surface area contributed by atoms with Gasteiger partial charge in [0.1, 0.15) is 18.5 Å². The minimum atomic E-state index is -0.814. The summed E-state index contributed by atoms with van der Waals surface area (Å²) in [7, 11) is 2.14. The van der Waals surface area contributed by atoms with Gasteiger partial charge in [-0.15, -0.1) is 0 Å². The number of likely N-dealkylation sites (N-methyl/N-ethyl adjacent to an activating group) is 1. The van der Waals surface area contributed by atoms with Crippen LogP contribution in [-0.4, -0.2) is 54.4 Å². The molecule has 0 spiro atoms. The molecular weight excluding hydrogens is 390 g/mol. The molecule has 6 atom stereocenters. The number of carbonyl (C=O) groups excluding carboxylic acids is 1. The third-order valence-electron chi connectivity index (χ3n) is 7.41. The quantitative estimate of drug-likeness (QED) is 0.493. The zero-order valence-corrected chi connectivity index (χ0v) is 19.7. The van der Waals surface area contributed by atoms with Crippen LogP contribution in [0.3, 0.4) is 0 Å². The Morgan fingerprint density at radius 3 is 2.68 bits per heavy atom. The summed E-state index contributed by atoms with van der Waals surface area (Å²) in [5, 5.41) is 11.7. The molecule has 31 heavy (non-hydrogen) atoms. The van der Waals surface area contributed by atoms with E-state index in [9.17, 15) is 9.90 Å². The molecule has 0 saturated heterocycles. The molecule has 0 aromatic heterocycles. The Hall–Kier alpha value is -1.85. The first kappa shape index (κ1) is 23.8. The molecule has 0 bridgehead atoms. The molecule has 5 nitrogen and oxygen atoms in total. The average molecular weight is 430 g/mol. The van der Waals surface area contributed by atoms with E-state index in [-0.39, 0.29) is 23.9 Å². The smallest absolute Gasteiger partial charge is 0.303 e. The van der Waals surface area contributed by atoms with Crippen molar-refractivity contribution < 1.29 is 19.4 Å². The zero-order chi connectivity index (χ0) is 22.6. The highest BCUT2D eigenvalue weighted by molar-refractivity contribution is 5.66. The number of para-hydroxylation sites is 1. The number of aliphatic hydroxyl groups is 1. The molecule has 1 N–H and O–H groups in total. The van der Waals surface area contributed by atoms with Crippen molar-refractivity contribution in [2.45, 2.75) is 58.7 Å². The number of ether oxygens (including phenoxy) is 2. The second kappa shape index (κ2) is 10.2. The van der Waals surface area contributed by atoms with Crippen LogP contribution in [0.1, 0.15) is 47.0 Å². The zero-order valence-electron chi connectivity index (χ0n) is 19.7. The van der Waals surface area contributed by atoms with Crippen molar-refractivity contribution in [3.63, 3.8) is 0 Å². The summed E-state index contributed by atoms with van der Waals surface area (Å²) < 4.78 is 11.4. The van der Waals surface area contributed by atoms with Crippen molar-refractivity contribution in [2.24, 2.45) is 23.7 Å². The van der Waals surface area contributed by atoms with Crippen molar-refractivity contribution in [3.8, 4) is 5.75 Å². The highest BCUT2D eigenvalue weighted by Gasteiger charge is 2.52. The van der Waals surface area contributed by atoms with Crippen LogP contribution in [0.2, 0.25) is 0 Å². The average Bonchev–Trinajstić information content (AvgIpc) is 2.71. The van der Waals surface area contributed by atoms with E-state index in [4.69, 9.17) is 9.47 Å². The molecular formula is C26H39NO4. The highest BCUT2D eigenvalue weighted by atomic mass is 16.5. The Labute approximate surface area is 187 Å². The van der Waals surface area contributed by atoms with Gasteiger partial charge in [-0.25, -0.2) is 0 Å². The SMILES string of the molecule is CC(=O)O[C@@H]1C[C@@]2(O)[C@H](C)CC[C@@H]([C@H](C)CN(C)CCOc3ccccc3)[C@H]2C=C1C. The third-order valence-corrected chi connectivity index (χ3v) is 7.41. The number of hydrogen-bond acceptors (Lipinski definition) is 5. The van der Waals surface area contributed by atoms with Gasteiger partial charge in [-0.3, -0.25) is 4.79 Å². The maximum atomic E-state index is 11.7. The first-order valence-corrected chi connectivity index (χ1v) is 11.6. The summed E-state index contributed by atoms with van der Waals surface area (Å²) in [4.78, 5) is 13.9. The molecule has 0 radical (unpaired) electrons. The normalized spacial score (nSPS) is 31.5. The fraction of sp³-hybridized carbons (Fsp3) is 0.654. The van der Waals surface area contributed by atoms with Crippen LogP contribution in [0.4, 0.5) is 0 Å². The molecule has 1 saturated carbocycles. The Kier molecular flexibility index (Phi) is 7.82. The van der Waals surface area contributed by atoms with Crippen molar-refractivity contribution >= 4 is 5.97 Å². The molecule has 0 amide bonds. The van der Waals surface area contributed by atoms with E-state index in [0.29, 0.717) is 24.9 Å². The molecule has 0 aliphatic heterocycles. The fourth-order valence-electron chi connectivity index (χ4n) is 5.55. The maximum absolute atomic E-state index is 11.7. The van der Waals surface area contributed by atoms with E-state index >= 15 is 0 Å². The monoisotopic (exact) mass is 429 g/mol. The summed E-state index contributed by atoms with van der Waals surface area (Å²) in [5.74, 6) is 1.77. The Morgan fingerprint density at radius 2 is 2.00 bits per heavy atom. The molecule has 172 valence electrons. The van der Waals surface area contributed by atoms with E-state index in [1.165, 1.54) is 6.92 Å². The lowest BCUT2D eigenvalue weighted by Crippen LogP contribution is -2.56. The maximum Gasteiger partial charge on any atom is 0.303 e. The van der Waals surface area contributed by atoms with E-state index in [1.54, 1.807) is 0 Å². The Morgan fingerprint density at radius 1 is 1.29 bits per heavy atom. The van der Waals surface area contributed by atoms with Crippen LogP contribution in [0.25, 0.3) is 0 Å². The number of carbonyl (C=O) groups is 1. The van der Waals surface area contributed by atoms with Crippen LogP contribution in [0.15, 0.2) is 42.0 Å². The van der Waals surface area contributed by atoms with Crippen molar-refractivity contribution in [2.75, 3.05) is 26.7 Å². The van der Waals surface area contributed by atoms with E-state index in [2.05, 4.69) is 31.9 Å². The molecule has 5 heteroatoms. The van der Waals surface area contributed by atoms with E-state index in [1.807, 2.05) is 37.3 Å². The van der Waals surface area contributed by atoms with Gasteiger partial charge >= 0.3 is 5.97 Å². The van der Waals surface area contributed by atoms with Gasteiger partial charge in [0.15, 0.2) is 0 Å². The predicted molar refractivity (Wildman–Crippen MR) is 123 cm³/mol. The predicted octanol–water partition coefficient (Wildman–Crippen LogP) is 4.31. The van der Waals surface area contributed by atoms with E-state index in [0.717, 1.165) is 37.3 Å². The lowest BCUT2D eigenvalue weighted by atomic mass is 9.57. The van der Waals surface area contributed by atoms with Gasteiger partial charge in [-0.05, 0) is 62.3 Å². The number of nitrogens with zero attached hydrogens (tertiary/aromatic N) is 1. The molecule has 1 aromatic carbocycles. The van der Waals surface area contributed by atoms with Crippen LogP contribution in [0, 0.1) is 23.7 Å². The van der Waals surface area contributed by atoms with Crippen molar-refractivity contribution in [1.29, 1.82) is 0 Å². The number of hydrogen-bond donors (Lipinski definition) is 1.